The Kier molecular flexibility index (Phi) is 6.12. The van der Waals surface area contributed by atoms with Gasteiger partial charge in [0.2, 0.25) is 10.0 Å². The van der Waals surface area contributed by atoms with Gasteiger partial charge in [0.15, 0.2) is 0 Å². The van der Waals surface area contributed by atoms with Crippen LogP contribution in [0, 0.1) is 6.92 Å². The highest BCUT2D eigenvalue weighted by Crippen LogP contribution is 2.27. The summed E-state index contributed by atoms with van der Waals surface area (Å²) in [5.41, 5.74) is 0.551. The summed E-state index contributed by atoms with van der Waals surface area (Å²) in [4.78, 5) is 13.7. The molecule has 0 radical (unpaired) electrons. The van der Waals surface area contributed by atoms with Gasteiger partial charge in [0, 0.05) is 6.54 Å². The molecule has 0 fully saturated rings. The molecular formula is C12H20N2O4S2. The van der Waals surface area contributed by atoms with Crippen LogP contribution in [0.15, 0.2) is 10.3 Å². The standard InChI is InChI=1S/C12H20N2O4S2/c1-9-8-19-10(12(15)18-4)11(9)20(16,17)13-6-5-7-14(2)3/h8,13H,5-7H2,1-4H3. The second-order valence-corrected chi connectivity index (χ2v) is 7.21. The molecule has 1 rings (SSSR count). The number of hydrogen-bond acceptors (Lipinski definition) is 6. The number of nitrogens with one attached hydrogen (secondary N) is 1. The normalized spacial score (nSPS) is 11.8. The lowest BCUT2D eigenvalue weighted by molar-refractivity contribution is 0.0602. The molecule has 1 heterocycles. The first-order valence-electron chi connectivity index (χ1n) is 6.10. The number of carbonyl (C=O) groups excluding carboxylic acids is 1. The van der Waals surface area contributed by atoms with Crippen LogP contribution < -0.4 is 4.72 Å². The van der Waals surface area contributed by atoms with E-state index in [2.05, 4.69) is 9.46 Å². The fourth-order valence-electron chi connectivity index (χ4n) is 1.67. The molecule has 0 atom stereocenters. The smallest absolute Gasteiger partial charge is 0.349 e. The molecule has 0 aliphatic rings. The van der Waals surface area contributed by atoms with Crippen molar-refractivity contribution in [2.75, 3.05) is 34.3 Å². The Bertz CT molecular complexity index is 564. The quantitative estimate of drug-likeness (QED) is 0.601. The predicted octanol–water partition coefficient (Wildman–Crippen LogP) is 1.07. The van der Waals surface area contributed by atoms with Crippen LogP contribution in [0.5, 0.6) is 0 Å². The monoisotopic (exact) mass is 320 g/mol. The van der Waals surface area contributed by atoms with Gasteiger partial charge in [-0.25, -0.2) is 17.9 Å². The number of methoxy groups -OCH3 is 1. The first-order valence-corrected chi connectivity index (χ1v) is 8.46. The topological polar surface area (TPSA) is 75.7 Å². The third kappa shape index (κ3) is 4.27. The lowest BCUT2D eigenvalue weighted by atomic mass is 10.3. The molecule has 20 heavy (non-hydrogen) atoms. The molecule has 0 saturated heterocycles. The van der Waals surface area contributed by atoms with Gasteiger partial charge in [-0.3, -0.25) is 0 Å². The van der Waals surface area contributed by atoms with E-state index in [4.69, 9.17) is 0 Å². The zero-order valence-electron chi connectivity index (χ0n) is 12.1. The number of carbonyl (C=O) groups is 1. The molecule has 1 aromatic heterocycles. The minimum atomic E-state index is -3.69. The number of hydrogen-bond donors (Lipinski definition) is 1. The summed E-state index contributed by atoms with van der Waals surface area (Å²) < 4.78 is 31.7. The van der Waals surface area contributed by atoms with Crippen LogP contribution in [0.1, 0.15) is 21.7 Å². The Hall–Kier alpha value is -0.960. The molecule has 0 unspecified atom stereocenters. The van der Waals surface area contributed by atoms with Crippen molar-refractivity contribution >= 4 is 27.3 Å². The van der Waals surface area contributed by atoms with Gasteiger partial charge < -0.3 is 9.64 Å². The second kappa shape index (κ2) is 7.16. The Morgan fingerprint density at radius 2 is 2.10 bits per heavy atom. The molecule has 0 saturated carbocycles. The van der Waals surface area contributed by atoms with Gasteiger partial charge in [-0.1, -0.05) is 0 Å². The Morgan fingerprint density at radius 1 is 1.45 bits per heavy atom. The first-order chi connectivity index (χ1) is 9.29. The van der Waals surface area contributed by atoms with Crippen molar-refractivity contribution in [1.29, 1.82) is 0 Å². The van der Waals surface area contributed by atoms with E-state index in [1.807, 2.05) is 19.0 Å². The molecule has 0 aliphatic heterocycles. The largest absolute Gasteiger partial charge is 0.465 e. The van der Waals surface area contributed by atoms with E-state index in [-0.39, 0.29) is 9.77 Å². The van der Waals surface area contributed by atoms with Crippen molar-refractivity contribution < 1.29 is 17.9 Å². The van der Waals surface area contributed by atoms with Crippen LogP contribution >= 0.6 is 11.3 Å². The molecule has 0 bridgehead atoms. The molecule has 6 nitrogen and oxygen atoms in total. The van der Waals surface area contributed by atoms with E-state index >= 15 is 0 Å². The van der Waals surface area contributed by atoms with Gasteiger partial charge in [-0.2, -0.15) is 0 Å². The third-order valence-electron chi connectivity index (χ3n) is 2.63. The summed E-state index contributed by atoms with van der Waals surface area (Å²) in [7, 11) is 1.39. The van der Waals surface area contributed by atoms with Gasteiger partial charge in [-0.15, -0.1) is 11.3 Å². The first kappa shape index (κ1) is 17.1. The van der Waals surface area contributed by atoms with Gasteiger partial charge in [-0.05, 0) is 44.9 Å². The minimum Gasteiger partial charge on any atom is -0.465 e. The highest BCUT2D eigenvalue weighted by Gasteiger charge is 2.27. The maximum Gasteiger partial charge on any atom is 0.349 e. The summed E-state index contributed by atoms with van der Waals surface area (Å²) in [5.74, 6) is -0.628. The zero-order valence-corrected chi connectivity index (χ0v) is 13.7. The van der Waals surface area contributed by atoms with Crippen LogP contribution in [0.25, 0.3) is 0 Å². The van der Waals surface area contributed by atoms with Gasteiger partial charge >= 0.3 is 5.97 Å². The summed E-state index contributed by atoms with van der Waals surface area (Å²) in [5, 5.41) is 1.64. The van der Waals surface area contributed by atoms with Crippen LogP contribution in [-0.4, -0.2) is 53.6 Å². The van der Waals surface area contributed by atoms with Crippen LogP contribution in [-0.2, 0) is 14.8 Å². The number of aryl methyl sites for hydroxylation is 1. The summed E-state index contributed by atoms with van der Waals surface area (Å²) in [6, 6.07) is 0. The summed E-state index contributed by atoms with van der Waals surface area (Å²) >= 11 is 1.08. The second-order valence-electron chi connectivity index (χ2n) is 4.62. The third-order valence-corrected chi connectivity index (χ3v) is 5.49. The zero-order chi connectivity index (χ0) is 15.3. The van der Waals surface area contributed by atoms with E-state index in [0.717, 1.165) is 17.9 Å². The fraction of sp³-hybridized carbons (Fsp3) is 0.583. The van der Waals surface area contributed by atoms with E-state index in [1.165, 1.54) is 7.11 Å². The van der Waals surface area contributed by atoms with E-state index < -0.39 is 16.0 Å². The summed E-state index contributed by atoms with van der Waals surface area (Å²) in [6.07, 6.45) is 0.697. The van der Waals surface area contributed by atoms with Crippen LogP contribution in [0.2, 0.25) is 0 Å². The van der Waals surface area contributed by atoms with Crippen molar-refractivity contribution in [3.63, 3.8) is 0 Å². The molecule has 8 heteroatoms. The maximum atomic E-state index is 12.3. The van der Waals surface area contributed by atoms with Crippen LogP contribution in [0.4, 0.5) is 0 Å². The molecule has 0 spiro atoms. The van der Waals surface area contributed by atoms with E-state index in [9.17, 15) is 13.2 Å². The van der Waals surface area contributed by atoms with Crippen molar-refractivity contribution in [3.8, 4) is 0 Å². The maximum absolute atomic E-state index is 12.3. The lowest BCUT2D eigenvalue weighted by Crippen LogP contribution is -2.28. The molecular weight excluding hydrogens is 300 g/mol. The SMILES string of the molecule is COC(=O)c1scc(C)c1S(=O)(=O)NCCCN(C)C. The van der Waals surface area contributed by atoms with Crippen molar-refractivity contribution in [1.82, 2.24) is 9.62 Å². The number of ether oxygens (including phenoxy) is 1. The number of esters is 1. The Labute approximate surface area is 123 Å². The van der Waals surface area contributed by atoms with Crippen molar-refractivity contribution in [2.45, 2.75) is 18.2 Å². The molecule has 0 aliphatic carbocycles. The average molecular weight is 320 g/mol. The van der Waals surface area contributed by atoms with Crippen molar-refractivity contribution in [3.05, 3.63) is 15.8 Å². The number of thiophene rings is 1. The highest BCUT2D eigenvalue weighted by atomic mass is 32.2. The molecule has 0 amide bonds. The van der Waals surface area contributed by atoms with Crippen molar-refractivity contribution in [2.24, 2.45) is 0 Å². The highest BCUT2D eigenvalue weighted by molar-refractivity contribution is 7.89. The predicted molar refractivity (Wildman–Crippen MR) is 78.8 cm³/mol. The molecule has 1 aromatic rings. The lowest BCUT2D eigenvalue weighted by Gasteiger charge is -2.11. The molecule has 114 valence electrons. The number of sulfonamides is 1. The minimum absolute atomic E-state index is 0.0270. The van der Waals surface area contributed by atoms with Gasteiger partial charge in [0.1, 0.15) is 9.77 Å². The van der Waals surface area contributed by atoms with Gasteiger partial charge in [0.25, 0.3) is 0 Å². The molecule has 0 aromatic carbocycles. The average Bonchev–Trinajstić information content (AvgIpc) is 2.76. The summed E-state index contributed by atoms with van der Waals surface area (Å²) in [6.45, 7) is 2.78. The van der Waals surface area contributed by atoms with Crippen LogP contribution in [0.3, 0.4) is 0 Å². The number of nitrogens with zero attached hydrogens (tertiary/aromatic N) is 1. The van der Waals surface area contributed by atoms with E-state index in [1.54, 1.807) is 12.3 Å². The fourth-order valence-corrected chi connectivity index (χ4v) is 4.45. The van der Waals surface area contributed by atoms with E-state index in [0.29, 0.717) is 18.5 Å². The Balaban J connectivity index is 2.87. The number of rotatable bonds is 7. The Morgan fingerprint density at radius 3 is 2.65 bits per heavy atom. The molecule has 1 N–H and O–H groups in total. The van der Waals surface area contributed by atoms with Gasteiger partial charge in [0.05, 0.1) is 7.11 Å².